The maximum atomic E-state index is 12.1. The minimum absolute atomic E-state index is 0.0942. The molecule has 158 valence electrons. The Hall–Kier alpha value is -2.43. The summed E-state index contributed by atoms with van der Waals surface area (Å²) >= 11 is 0. The Morgan fingerprint density at radius 2 is 1.83 bits per heavy atom. The minimum Gasteiger partial charge on any atom is -0.480 e. The second kappa shape index (κ2) is 8.13. The van der Waals surface area contributed by atoms with E-state index in [1.807, 2.05) is 13.8 Å². The molecule has 1 aromatic heterocycles. The predicted molar refractivity (Wildman–Crippen MR) is 110 cm³/mol. The van der Waals surface area contributed by atoms with E-state index in [4.69, 9.17) is 0 Å². The molecule has 0 aliphatic carbocycles. The number of nitrogens with zero attached hydrogens (tertiary/aromatic N) is 2. The number of rotatable bonds is 6. The van der Waals surface area contributed by atoms with Crippen LogP contribution in [0.2, 0.25) is 0 Å². The number of nitrogens with one attached hydrogen (secondary N) is 2. The highest BCUT2D eigenvalue weighted by Crippen LogP contribution is 2.31. The maximum absolute atomic E-state index is 12.1. The van der Waals surface area contributed by atoms with Crippen LogP contribution in [0.25, 0.3) is 10.9 Å². The molecule has 3 N–H and O–H groups in total. The summed E-state index contributed by atoms with van der Waals surface area (Å²) < 4.78 is 24.8. The van der Waals surface area contributed by atoms with Gasteiger partial charge in [0.05, 0.1) is 6.26 Å². The number of aliphatic carboxylic acids is 1. The van der Waals surface area contributed by atoms with Crippen molar-refractivity contribution >= 4 is 38.5 Å². The van der Waals surface area contributed by atoms with Crippen LogP contribution in [0.3, 0.4) is 0 Å². The van der Waals surface area contributed by atoms with Gasteiger partial charge in [-0.25, -0.2) is 8.42 Å². The molecule has 0 radical (unpaired) electrons. The van der Waals surface area contributed by atoms with Gasteiger partial charge in [-0.1, -0.05) is 19.9 Å². The van der Waals surface area contributed by atoms with Crippen LogP contribution in [-0.2, 0) is 19.6 Å². The number of aromatic amines is 1. The van der Waals surface area contributed by atoms with E-state index in [9.17, 15) is 23.1 Å². The lowest BCUT2D eigenvalue weighted by atomic mass is 10.0. The van der Waals surface area contributed by atoms with Gasteiger partial charge in [-0.15, -0.1) is 0 Å². The van der Waals surface area contributed by atoms with Crippen LogP contribution in [0, 0.1) is 5.92 Å². The maximum Gasteiger partial charge on any atom is 0.325 e. The molecule has 1 aliphatic rings. The zero-order valence-electron chi connectivity index (χ0n) is 16.7. The van der Waals surface area contributed by atoms with Crippen molar-refractivity contribution < 1.29 is 23.1 Å². The monoisotopic (exact) mass is 422 g/mol. The highest BCUT2D eigenvalue weighted by atomic mass is 32.2. The molecule has 2 heterocycles. The molecule has 1 atom stereocenters. The van der Waals surface area contributed by atoms with Crippen molar-refractivity contribution in [3.05, 3.63) is 30.0 Å². The van der Waals surface area contributed by atoms with Gasteiger partial charge in [0.15, 0.2) is 0 Å². The van der Waals surface area contributed by atoms with E-state index in [-0.39, 0.29) is 24.9 Å². The summed E-state index contributed by atoms with van der Waals surface area (Å²) in [6.45, 7) is 4.80. The van der Waals surface area contributed by atoms with Gasteiger partial charge >= 0.3 is 5.97 Å². The van der Waals surface area contributed by atoms with Crippen molar-refractivity contribution in [3.8, 4) is 0 Å². The van der Waals surface area contributed by atoms with Crippen molar-refractivity contribution in [2.75, 3.05) is 37.8 Å². The molecule has 1 saturated heterocycles. The molecule has 10 heteroatoms. The number of hydrogen-bond acceptors (Lipinski definition) is 5. The van der Waals surface area contributed by atoms with Gasteiger partial charge in [-0.2, -0.15) is 4.31 Å². The van der Waals surface area contributed by atoms with Crippen molar-refractivity contribution in [2.24, 2.45) is 5.92 Å². The smallest absolute Gasteiger partial charge is 0.325 e. The molecule has 2 aromatic rings. The third-order valence-corrected chi connectivity index (χ3v) is 6.44. The fraction of sp³-hybridized carbons (Fsp3) is 0.474. The normalized spacial score (nSPS) is 17.5. The summed E-state index contributed by atoms with van der Waals surface area (Å²) in [5.41, 5.74) is 1.97. The van der Waals surface area contributed by atoms with Gasteiger partial charge in [0.2, 0.25) is 15.9 Å². The molecule has 3 rings (SSSR count). The minimum atomic E-state index is -3.29. The molecular formula is C19H26N4O5S. The molecule has 0 saturated carbocycles. The van der Waals surface area contributed by atoms with Gasteiger partial charge in [0.25, 0.3) is 0 Å². The molecule has 0 bridgehead atoms. The summed E-state index contributed by atoms with van der Waals surface area (Å²) in [5, 5.41) is 13.5. The number of piperazine rings is 1. The van der Waals surface area contributed by atoms with Gasteiger partial charge < -0.3 is 15.4 Å². The molecule has 1 fully saturated rings. The Morgan fingerprint density at radius 3 is 2.38 bits per heavy atom. The van der Waals surface area contributed by atoms with Crippen molar-refractivity contribution in [1.29, 1.82) is 0 Å². The second-order valence-corrected chi connectivity index (χ2v) is 9.57. The summed E-state index contributed by atoms with van der Waals surface area (Å²) in [6, 6.07) is 4.43. The lowest BCUT2D eigenvalue weighted by Crippen LogP contribution is -2.50. The lowest BCUT2D eigenvalue weighted by molar-refractivity contribution is -0.144. The van der Waals surface area contributed by atoms with Crippen molar-refractivity contribution in [2.45, 2.75) is 19.9 Å². The number of carboxylic acids is 1. The number of fused-ring (bicyclic) bond motifs is 1. The Balaban J connectivity index is 1.85. The second-order valence-electron chi connectivity index (χ2n) is 7.59. The number of carboxylic acid groups (broad SMARTS) is 1. The van der Waals surface area contributed by atoms with E-state index in [1.165, 1.54) is 4.31 Å². The molecule has 1 amide bonds. The fourth-order valence-electron chi connectivity index (χ4n) is 3.52. The number of carbonyl (C=O) groups is 2. The Kier molecular flexibility index (Phi) is 5.97. The van der Waals surface area contributed by atoms with Crippen LogP contribution in [0.15, 0.2) is 24.4 Å². The SMILES string of the molecule is CC(C)C(=O)Nc1ccc2c([C@@H](C(=O)O)N3CCN(S(C)(=O)=O)CC3)c[nH]c2c1. The largest absolute Gasteiger partial charge is 0.480 e. The number of benzene rings is 1. The molecule has 9 nitrogen and oxygen atoms in total. The summed E-state index contributed by atoms with van der Waals surface area (Å²) in [7, 11) is -3.29. The van der Waals surface area contributed by atoms with E-state index < -0.39 is 22.0 Å². The fourth-order valence-corrected chi connectivity index (χ4v) is 4.35. The first kappa shape index (κ1) is 21.3. The molecule has 0 spiro atoms. The van der Waals surface area contributed by atoms with Gasteiger partial charge in [-0.3, -0.25) is 14.5 Å². The number of amides is 1. The van der Waals surface area contributed by atoms with Crippen molar-refractivity contribution in [1.82, 2.24) is 14.2 Å². The van der Waals surface area contributed by atoms with Gasteiger partial charge in [0, 0.05) is 60.4 Å². The Morgan fingerprint density at radius 1 is 1.17 bits per heavy atom. The number of H-pyrrole nitrogens is 1. The summed E-state index contributed by atoms with van der Waals surface area (Å²) in [6.07, 6.45) is 2.83. The Bertz CT molecular complexity index is 1020. The number of sulfonamides is 1. The zero-order chi connectivity index (χ0) is 21.3. The molecular weight excluding hydrogens is 396 g/mol. The number of anilines is 1. The van der Waals surface area contributed by atoms with Gasteiger partial charge in [-0.05, 0) is 12.1 Å². The predicted octanol–water partition coefficient (Wildman–Crippen LogP) is 1.47. The van der Waals surface area contributed by atoms with Crippen LogP contribution < -0.4 is 5.32 Å². The summed E-state index contributed by atoms with van der Waals surface area (Å²) in [5.74, 6) is -1.23. The number of carbonyl (C=O) groups excluding carboxylic acids is 1. The van der Waals surface area contributed by atoms with Gasteiger partial charge in [0.1, 0.15) is 6.04 Å². The average Bonchev–Trinajstić information content (AvgIpc) is 3.04. The quantitative estimate of drug-likeness (QED) is 0.648. The van der Waals surface area contributed by atoms with E-state index in [0.29, 0.717) is 24.3 Å². The standard InChI is InChI=1S/C19H26N4O5S/c1-12(2)18(24)21-13-4-5-14-15(11-20-16(14)10-13)17(19(25)26)22-6-8-23(9-7-22)29(3,27)28/h4-5,10-12,17,20H,6-9H2,1-3H3,(H,21,24)(H,25,26)/t17-/m0/s1. The topological polar surface area (TPSA) is 123 Å². The van der Waals surface area contributed by atoms with E-state index in [0.717, 1.165) is 17.2 Å². The van der Waals surface area contributed by atoms with Crippen molar-refractivity contribution in [3.63, 3.8) is 0 Å². The molecule has 1 aliphatic heterocycles. The van der Waals surface area contributed by atoms with Crippen LogP contribution in [-0.4, -0.2) is 72.0 Å². The molecule has 0 unspecified atom stereocenters. The van der Waals surface area contributed by atoms with Crippen LogP contribution in [0.1, 0.15) is 25.5 Å². The number of aromatic nitrogens is 1. The highest BCUT2D eigenvalue weighted by Gasteiger charge is 2.33. The first-order valence-corrected chi connectivity index (χ1v) is 11.3. The van der Waals surface area contributed by atoms with E-state index in [1.54, 1.807) is 29.3 Å². The van der Waals surface area contributed by atoms with E-state index >= 15 is 0 Å². The van der Waals surface area contributed by atoms with Crippen LogP contribution >= 0.6 is 0 Å². The highest BCUT2D eigenvalue weighted by molar-refractivity contribution is 7.88. The zero-order valence-corrected chi connectivity index (χ0v) is 17.5. The van der Waals surface area contributed by atoms with Crippen LogP contribution in [0.5, 0.6) is 0 Å². The summed E-state index contributed by atoms with van der Waals surface area (Å²) in [4.78, 5) is 28.8. The molecule has 29 heavy (non-hydrogen) atoms. The number of hydrogen-bond donors (Lipinski definition) is 3. The lowest BCUT2D eigenvalue weighted by Gasteiger charge is -2.36. The Labute approximate surface area is 169 Å². The first-order valence-electron chi connectivity index (χ1n) is 9.42. The third kappa shape index (κ3) is 4.60. The molecule has 1 aromatic carbocycles. The first-order chi connectivity index (χ1) is 13.6. The third-order valence-electron chi connectivity index (χ3n) is 5.14. The average molecular weight is 423 g/mol. The van der Waals surface area contributed by atoms with Crippen LogP contribution in [0.4, 0.5) is 5.69 Å². The van der Waals surface area contributed by atoms with E-state index in [2.05, 4.69) is 10.3 Å².